The van der Waals surface area contributed by atoms with Gasteiger partial charge in [-0.3, -0.25) is 4.39 Å². The number of alkyl halides is 1. The van der Waals surface area contributed by atoms with Crippen LogP contribution in [0.1, 0.15) is 60.8 Å². The molecule has 0 aliphatic heterocycles. The lowest BCUT2D eigenvalue weighted by Gasteiger charge is -2.38. The van der Waals surface area contributed by atoms with Crippen LogP contribution in [-0.2, 0) is 0 Å². The highest BCUT2D eigenvalue weighted by Gasteiger charge is 2.44. The summed E-state index contributed by atoms with van der Waals surface area (Å²) in [4.78, 5) is 0. The Morgan fingerprint density at radius 1 is 1.19 bits per heavy atom. The molecule has 0 bridgehead atoms. The molecule has 96 valence electrons. The largest absolute Gasteiger partial charge is 0.251 e. The van der Waals surface area contributed by atoms with E-state index in [4.69, 9.17) is 0 Å². The standard InChI is InChI=1S/C15H29F/c1-11(2)13(14(4,5)10-16)9-12(3)15(6)7-8-15/h11-13H,7-10H2,1-6H3. The van der Waals surface area contributed by atoms with E-state index in [0.29, 0.717) is 17.3 Å². The number of halogens is 1. The maximum absolute atomic E-state index is 13.1. The lowest BCUT2D eigenvalue weighted by Crippen LogP contribution is -2.33. The van der Waals surface area contributed by atoms with Crippen molar-refractivity contribution in [2.45, 2.75) is 60.8 Å². The summed E-state index contributed by atoms with van der Waals surface area (Å²) in [5.41, 5.74) is 0.410. The van der Waals surface area contributed by atoms with Gasteiger partial charge >= 0.3 is 0 Å². The Morgan fingerprint density at radius 3 is 2.00 bits per heavy atom. The van der Waals surface area contributed by atoms with Crippen molar-refractivity contribution in [3.05, 3.63) is 0 Å². The summed E-state index contributed by atoms with van der Waals surface area (Å²) in [7, 11) is 0. The van der Waals surface area contributed by atoms with Crippen molar-refractivity contribution in [2.24, 2.45) is 28.6 Å². The summed E-state index contributed by atoms with van der Waals surface area (Å²) >= 11 is 0. The van der Waals surface area contributed by atoms with Gasteiger partial charge in [-0.2, -0.15) is 0 Å². The summed E-state index contributed by atoms with van der Waals surface area (Å²) in [6.45, 7) is 13.2. The summed E-state index contributed by atoms with van der Waals surface area (Å²) in [5, 5.41) is 0. The molecule has 2 unspecified atom stereocenters. The van der Waals surface area contributed by atoms with Gasteiger partial charge < -0.3 is 0 Å². The number of rotatable bonds is 6. The molecule has 2 atom stereocenters. The molecule has 1 rings (SSSR count). The highest BCUT2D eigenvalue weighted by molar-refractivity contribution is 4.95. The van der Waals surface area contributed by atoms with Crippen LogP contribution in [0.2, 0.25) is 0 Å². The van der Waals surface area contributed by atoms with Gasteiger partial charge in [0.1, 0.15) is 0 Å². The molecule has 0 saturated heterocycles. The molecular formula is C15H29F. The van der Waals surface area contributed by atoms with Gasteiger partial charge in [-0.25, -0.2) is 0 Å². The van der Waals surface area contributed by atoms with E-state index in [1.165, 1.54) is 19.3 Å². The molecule has 0 aromatic rings. The topological polar surface area (TPSA) is 0 Å². The minimum absolute atomic E-state index is 0.159. The highest BCUT2D eigenvalue weighted by Crippen LogP contribution is 2.54. The van der Waals surface area contributed by atoms with Crippen molar-refractivity contribution < 1.29 is 4.39 Å². The fraction of sp³-hybridized carbons (Fsp3) is 1.00. The zero-order chi connectivity index (χ0) is 12.6. The van der Waals surface area contributed by atoms with Gasteiger partial charge in [-0.15, -0.1) is 0 Å². The molecular weight excluding hydrogens is 199 g/mol. The monoisotopic (exact) mass is 228 g/mol. The Kier molecular flexibility index (Phi) is 4.08. The van der Waals surface area contributed by atoms with Crippen molar-refractivity contribution >= 4 is 0 Å². The molecule has 1 heteroatoms. The van der Waals surface area contributed by atoms with Gasteiger partial charge in [0.15, 0.2) is 0 Å². The zero-order valence-electron chi connectivity index (χ0n) is 11.9. The number of hydrogen-bond acceptors (Lipinski definition) is 0. The van der Waals surface area contributed by atoms with Crippen LogP contribution >= 0.6 is 0 Å². The maximum Gasteiger partial charge on any atom is 0.0948 e. The molecule has 1 saturated carbocycles. The van der Waals surface area contributed by atoms with E-state index in [2.05, 4.69) is 41.5 Å². The first-order valence-corrected chi connectivity index (χ1v) is 6.79. The molecule has 1 aliphatic carbocycles. The molecule has 0 heterocycles. The molecule has 1 aliphatic rings. The minimum Gasteiger partial charge on any atom is -0.251 e. The smallest absolute Gasteiger partial charge is 0.0948 e. The number of hydrogen-bond donors (Lipinski definition) is 0. The van der Waals surface area contributed by atoms with Gasteiger partial charge in [0, 0.05) is 0 Å². The van der Waals surface area contributed by atoms with Crippen LogP contribution in [0.15, 0.2) is 0 Å². The summed E-state index contributed by atoms with van der Waals surface area (Å²) < 4.78 is 13.1. The summed E-state index contributed by atoms with van der Waals surface area (Å²) in [5.74, 6) is 1.83. The third-order valence-corrected chi connectivity index (χ3v) is 4.99. The van der Waals surface area contributed by atoms with Gasteiger partial charge in [-0.1, -0.05) is 41.5 Å². The lowest BCUT2D eigenvalue weighted by atomic mass is 9.68. The maximum atomic E-state index is 13.1. The minimum atomic E-state index is -0.195. The Morgan fingerprint density at radius 2 is 1.69 bits per heavy atom. The molecule has 0 aromatic carbocycles. The third kappa shape index (κ3) is 2.99. The Bertz CT molecular complexity index is 226. The molecule has 0 spiro atoms. The average Bonchev–Trinajstić information content (AvgIpc) is 2.93. The first kappa shape index (κ1) is 14.0. The van der Waals surface area contributed by atoms with Gasteiger partial charge in [0.2, 0.25) is 0 Å². The second kappa shape index (κ2) is 4.66. The fourth-order valence-corrected chi connectivity index (χ4v) is 2.95. The second-order valence-corrected chi connectivity index (χ2v) is 7.26. The van der Waals surface area contributed by atoms with Crippen molar-refractivity contribution in [1.29, 1.82) is 0 Å². The van der Waals surface area contributed by atoms with Crippen LogP contribution in [0.5, 0.6) is 0 Å². The van der Waals surface area contributed by atoms with Crippen LogP contribution in [0.3, 0.4) is 0 Å². The van der Waals surface area contributed by atoms with Crippen molar-refractivity contribution in [3.8, 4) is 0 Å². The van der Waals surface area contributed by atoms with E-state index in [1.54, 1.807) is 0 Å². The summed E-state index contributed by atoms with van der Waals surface area (Å²) in [6.07, 6.45) is 3.93. The van der Waals surface area contributed by atoms with Crippen LogP contribution in [-0.4, -0.2) is 6.67 Å². The van der Waals surface area contributed by atoms with Crippen LogP contribution < -0.4 is 0 Å². The van der Waals surface area contributed by atoms with E-state index in [0.717, 1.165) is 5.92 Å². The van der Waals surface area contributed by atoms with Crippen molar-refractivity contribution in [1.82, 2.24) is 0 Å². The van der Waals surface area contributed by atoms with E-state index in [9.17, 15) is 4.39 Å². The highest BCUT2D eigenvalue weighted by atomic mass is 19.1. The summed E-state index contributed by atoms with van der Waals surface area (Å²) in [6, 6.07) is 0. The molecule has 0 radical (unpaired) electrons. The predicted octanol–water partition coefficient (Wildman–Crippen LogP) is 5.08. The first-order chi connectivity index (χ1) is 7.23. The Balaban J connectivity index is 2.65. The van der Waals surface area contributed by atoms with E-state index >= 15 is 0 Å². The van der Waals surface area contributed by atoms with Gasteiger partial charge in [0.05, 0.1) is 6.67 Å². The molecule has 16 heavy (non-hydrogen) atoms. The normalized spacial score (nSPS) is 23.2. The van der Waals surface area contributed by atoms with E-state index in [1.807, 2.05) is 0 Å². The average molecular weight is 228 g/mol. The van der Waals surface area contributed by atoms with Gasteiger partial charge in [-0.05, 0) is 47.8 Å². The van der Waals surface area contributed by atoms with Crippen molar-refractivity contribution in [3.63, 3.8) is 0 Å². The molecule has 0 N–H and O–H groups in total. The van der Waals surface area contributed by atoms with Crippen LogP contribution in [0, 0.1) is 28.6 Å². The molecule has 0 aromatic heterocycles. The lowest BCUT2D eigenvalue weighted by molar-refractivity contribution is 0.0825. The Hall–Kier alpha value is -0.0700. The predicted molar refractivity (Wildman–Crippen MR) is 69.2 cm³/mol. The Labute approximate surface area is 101 Å². The SMILES string of the molecule is CC(C)C(CC(C)C1(C)CC1)C(C)(C)CF. The third-order valence-electron chi connectivity index (χ3n) is 4.99. The van der Waals surface area contributed by atoms with Crippen LogP contribution in [0.25, 0.3) is 0 Å². The van der Waals surface area contributed by atoms with Gasteiger partial charge in [0.25, 0.3) is 0 Å². The second-order valence-electron chi connectivity index (χ2n) is 7.26. The van der Waals surface area contributed by atoms with Crippen molar-refractivity contribution in [2.75, 3.05) is 6.67 Å². The van der Waals surface area contributed by atoms with Crippen LogP contribution in [0.4, 0.5) is 4.39 Å². The quantitative estimate of drug-likeness (QED) is 0.594. The molecule has 1 fully saturated rings. The first-order valence-electron chi connectivity index (χ1n) is 6.79. The zero-order valence-corrected chi connectivity index (χ0v) is 11.9. The van der Waals surface area contributed by atoms with E-state index in [-0.39, 0.29) is 12.1 Å². The van der Waals surface area contributed by atoms with E-state index < -0.39 is 0 Å². The fourth-order valence-electron chi connectivity index (χ4n) is 2.95. The molecule has 0 amide bonds. The molecule has 0 nitrogen and oxygen atoms in total.